The van der Waals surface area contributed by atoms with Crippen LogP contribution >= 0.6 is 0 Å². The van der Waals surface area contributed by atoms with Crippen LogP contribution in [0, 0.1) is 0 Å². The summed E-state index contributed by atoms with van der Waals surface area (Å²) >= 11 is 0. The highest BCUT2D eigenvalue weighted by molar-refractivity contribution is 5.82. The Morgan fingerprint density at radius 3 is 1.67 bits per heavy atom. The Morgan fingerprint density at radius 1 is 0.625 bits per heavy atom. The van der Waals surface area contributed by atoms with Crippen LogP contribution in [0.1, 0.15) is 41.9 Å². The summed E-state index contributed by atoms with van der Waals surface area (Å²) in [7, 11) is 0. The normalized spacial score (nSPS) is 17.0. The molecule has 0 heterocycles. The number of benzene rings is 3. The second kappa shape index (κ2) is 6.88. The first kappa shape index (κ1) is 15.0. The van der Waals surface area contributed by atoms with Crippen molar-refractivity contribution in [2.24, 2.45) is 0 Å². The van der Waals surface area contributed by atoms with Crippen molar-refractivity contribution in [3.63, 3.8) is 0 Å². The van der Waals surface area contributed by atoms with Crippen LogP contribution in [0.5, 0.6) is 0 Å². The van der Waals surface area contributed by atoms with Gasteiger partial charge >= 0.3 is 0 Å². The van der Waals surface area contributed by atoms with E-state index in [0.29, 0.717) is 5.92 Å². The molecular formula is C24H22. The first-order valence-corrected chi connectivity index (χ1v) is 8.79. The van der Waals surface area contributed by atoms with Crippen LogP contribution in [0.3, 0.4) is 0 Å². The van der Waals surface area contributed by atoms with Crippen molar-refractivity contribution in [1.82, 2.24) is 0 Å². The summed E-state index contributed by atoms with van der Waals surface area (Å²) in [6, 6.07) is 32.7. The molecule has 0 amide bonds. The molecule has 0 heteroatoms. The fourth-order valence-corrected chi connectivity index (χ4v) is 3.87. The van der Waals surface area contributed by atoms with Gasteiger partial charge in [0.05, 0.1) is 0 Å². The third-order valence-corrected chi connectivity index (χ3v) is 5.04. The Kier molecular flexibility index (Phi) is 4.29. The highest BCUT2D eigenvalue weighted by atomic mass is 14.3. The first-order valence-electron chi connectivity index (χ1n) is 8.79. The molecule has 4 rings (SSSR count). The van der Waals surface area contributed by atoms with Gasteiger partial charge in [0, 0.05) is 0 Å². The van der Waals surface area contributed by atoms with Gasteiger partial charge in [0.15, 0.2) is 0 Å². The first-order chi connectivity index (χ1) is 11.9. The van der Waals surface area contributed by atoms with Crippen molar-refractivity contribution in [1.29, 1.82) is 0 Å². The Morgan fingerprint density at radius 2 is 1.12 bits per heavy atom. The minimum absolute atomic E-state index is 0.656. The van der Waals surface area contributed by atoms with E-state index < -0.39 is 0 Å². The highest BCUT2D eigenvalue weighted by Crippen LogP contribution is 2.43. The minimum atomic E-state index is 0.656. The molecule has 0 nitrogen and oxygen atoms in total. The molecule has 0 spiro atoms. The van der Waals surface area contributed by atoms with Crippen molar-refractivity contribution < 1.29 is 0 Å². The van der Waals surface area contributed by atoms with E-state index in [1.807, 2.05) is 0 Å². The molecule has 0 aromatic heterocycles. The molecule has 0 radical (unpaired) electrons. The summed E-state index contributed by atoms with van der Waals surface area (Å²) in [5.74, 6) is 0.656. The van der Waals surface area contributed by atoms with E-state index in [4.69, 9.17) is 0 Å². The van der Waals surface area contributed by atoms with E-state index in [0.717, 1.165) is 0 Å². The molecule has 0 saturated heterocycles. The zero-order chi connectivity index (χ0) is 16.2. The predicted molar refractivity (Wildman–Crippen MR) is 102 cm³/mol. The van der Waals surface area contributed by atoms with E-state index in [1.165, 1.54) is 41.5 Å². The largest absolute Gasteiger partial charge is 0.0622 e. The van der Waals surface area contributed by atoms with Crippen LogP contribution in [-0.4, -0.2) is 0 Å². The van der Waals surface area contributed by atoms with Gasteiger partial charge in [0.2, 0.25) is 0 Å². The fraction of sp³-hybridized carbons (Fsp3) is 0.167. The minimum Gasteiger partial charge on any atom is -0.0622 e. The number of hydrogen-bond donors (Lipinski definition) is 0. The maximum absolute atomic E-state index is 2.28. The Labute approximate surface area is 144 Å². The molecule has 1 unspecified atom stereocenters. The molecule has 1 aliphatic carbocycles. The lowest BCUT2D eigenvalue weighted by Gasteiger charge is -2.14. The van der Waals surface area contributed by atoms with Gasteiger partial charge in [0.25, 0.3) is 0 Å². The molecule has 0 aliphatic heterocycles. The summed E-state index contributed by atoms with van der Waals surface area (Å²) in [5, 5.41) is 0. The SMILES string of the molecule is c1ccc(C(=C2CCC(c3ccccc3)C2)c2ccccc2)cc1. The lowest BCUT2D eigenvalue weighted by Crippen LogP contribution is -1.94. The maximum atomic E-state index is 2.28. The average molecular weight is 310 g/mol. The second-order valence-corrected chi connectivity index (χ2v) is 6.56. The monoisotopic (exact) mass is 310 g/mol. The Bertz CT molecular complexity index is 772. The zero-order valence-corrected chi connectivity index (χ0v) is 13.9. The maximum Gasteiger partial charge on any atom is -0.0119 e. The third kappa shape index (κ3) is 3.05. The lowest BCUT2D eigenvalue weighted by molar-refractivity contribution is 0.730. The van der Waals surface area contributed by atoms with E-state index in [-0.39, 0.29) is 0 Å². The fourth-order valence-electron chi connectivity index (χ4n) is 3.87. The van der Waals surface area contributed by atoms with E-state index in [2.05, 4.69) is 91.0 Å². The van der Waals surface area contributed by atoms with Gasteiger partial charge in [-0.3, -0.25) is 0 Å². The van der Waals surface area contributed by atoms with Crippen LogP contribution in [0.2, 0.25) is 0 Å². The quantitative estimate of drug-likeness (QED) is 0.521. The van der Waals surface area contributed by atoms with Crippen LogP contribution in [-0.2, 0) is 0 Å². The van der Waals surface area contributed by atoms with Gasteiger partial charge in [-0.1, -0.05) is 96.6 Å². The van der Waals surface area contributed by atoms with Gasteiger partial charge in [0.1, 0.15) is 0 Å². The lowest BCUT2D eigenvalue weighted by atomic mass is 9.91. The Hall–Kier alpha value is -2.60. The molecule has 3 aromatic rings. The second-order valence-electron chi connectivity index (χ2n) is 6.56. The van der Waals surface area contributed by atoms with Gasteiger partial charge in [-0.05, 0) is 47.4 Å². The number of rotatable bonds is 3. The van der Waals surface area contributed by atoms with E-state index in [9.17, 15) is 0 Å². The van der Waals surface area contributed by atoms with Crippen molar-refractivity contribution in [2.75, 3.05) is 0 Å². The van der Waals surface area contributed by atoms with Crippen molar-refractivity contribution >= 4 is 5.57 Å². The molecular weight excluding hydrogens is 288 g/mol. The Balaban J connectivity index is 1.75. The molecule has 1 fully saturated rings. The molecule has 0 bridgehead atoms. The summed E-state index contributed by atoms with van der Waals surface area (Å²) < 4.78 is 0. The van der Waals surface area contributed by atoms with Crippen LogP contribution in [0.4, 0.5) is 0 Å². The van der Waals surface area contributed by atoms with Crippen molar-refractivity contribution in [3.05, 3.63) is 113 Å². The smallest absolute Gasteiger partial charge is 0.0119 e. The zero-order valence-electron chi connectivity index (χ0n) is 13.9. The number of hydrogen-bond acceptors (Lipinski definition) is 0. The van der Waals surface area contributed by atoms with E-state index >= 15 is 0 Å². The van der Waals surface area contributed by atoms with Crippen LogP contribution in [0.25, 0.3) is 5.57 Å². The summed E-state index contributed by atoms with van der Waals surface area (Å²) in [5.41, 5.74) is 7.20. The summed E-state index contributed by atoms with van der Waals surface area (Å²) in [6.07, 6.45) is 3.62. The third-order valence-electron chi connectivity index (χ3n) is 5.04. The standard InChI is InChI=1S/C24H22/c1-4-10-19(11-5-1)22-16-17-23(18-22)24(20-12-6-2-7-13-20)21-14-8-3-9-15-21/h1-15,22H,16-18H2. The van der Waals surface area contributed by atoms with Crippen molar-refractivity contribution in [3.8, 4) is 0 Å². The molecule has 118 valence electrons. The summed E-state index contributed by atoms with van der Waals surface area (Å²) in [6.45, 7) is 0. The predicted octanol–water partition coefficient (Wildman–Crippen LogP) is 6.46. The molecule has 0 N–H and O–H groups in total. The number of allylic oxidation sites excluding steroid dienone is 1. The van der Waals surface area contributed by atoms with Gasteiger partial charge in [-0.15, -0.1) is 0 Å². The van der Waals surface area contributed by atoms with Crippen LogP contribution < -0.4 is 0 Å². The van der Waals surface area contributed by atoms with Gasteiger partial charge in [-0.2, -0.15) is 0 Å². The van der Waals surface area contributed by atoms with E-state index in [1.54, 1.807) is 5.57 Å². The molecule has 24 heavy (non-hydrogen) atoms. The molecule has 3 aromatic carbocycles. The highest BCUT2D eigenvalue weighted by Gasteiger charge is 2.24. The topological polar surface area (TPSA) is 0 Å². The molecule has 1 aliphatic rings. The van der Waals surface area contributed by atoms with Gasteiger partial charge in [-0.25, -0.2) is 0 Å². The van der Waals surface area contributed by atoms with Crippen LogP contribution in [0.15, 0.2) is 96.6 Å². The average Bonchev–Trinajstić information content (AvgIpc) is 3.14. The molecule has 1 atom stereocenters. The molecule has 1 saturated carbocycles. The summed E-state index contributed by atoms with van der Waals surface area (Å²) in [4.78, 5) is 0. The van der Waals surface area contributed by atoms with Gasteiger partial charge < -0.3 is 0 Å². The van der Waals surface area contributed by atoms with Crippen molar-refractivity contribution in [2.45, 2.75) is 25.2 Å².